The number of carbonyl (C=O) groups is 1. The molecule has 22 heavy (non-hydrogen) atoms. The topological polar surface area (TPSA) is 66.6 Å². The standard InChI is InChI=1S/C17H26N2O2S/c1-22-12-9-15(18)17(21)19-10-7-14(8-11-19)16(20)13-5-3-2-4-6-13/h2-6,14-16,20H,7-12,18H2,1H3/t15-,16?/m0/s1. The molecule has 0 spiro atoms. The van der Waals surface area contributed by atoms with Gasteiger partial charge in [-0.05, 0) is 42.8 Å². The molecule has 0 bridgehead atoms. The average molecular weight is 322 g/mol. The number of amides is 1. The highest BCUT2D eigenvalue weighted by Gasteiger charge is 2.29. The van der Waals surface area contributed by atoms with Gasteiger partial charge in [0.05, 0.1) is 12.1 Å². The van der Waals surface area contributed by atoms with E-state index in [2.05, 4.69) is 0 Å². The molecule has 1 aromatic rings. The first-order valence-corrected chi connectivity index (χ1v) is 9.29. The maximum absolute atomic E-state index is 12.3. The molecule has 2 rings (SSSR count). The number of aliphatic hydroxyl groups is 1. The van der Waals surface area contributed by atoms with Gasteiger partial charge in [0.2, 0.25) is 5.91 Å². The Morgan fingerprint density at radius 3 is 2.59 bits per heavy atom. The van der Waals surface area contributed by atoms with Crippen LogP contribution in [0.1, 0.15) is 30.9 Å². The lowest BCUT2D eigenvalue weighted by atomic mass is 9.87. The van der Waals surface area contributed by atoms with Crippen molar-refractivity contribution in [1.29, 1.82) is 0 Å². The molecule has 1 saturated heterocycles. The smallest absolute Gasteiger partial charge is 0.239 e. The van der Waals surface area contributed by atoms with Crippen LogP contribution in [0.3, 0.4) is 0 Å². The van der Waals surface area contributed by atoms with E-state index in [0.717, 1.165) is 30.6 Å². The summed E-state index contributed by atoms with van der Waals surface area (Å²) in [4.78, 5) is 14.1. The third kappa shape index (κ3) is 4.48. The number of hydrogen-bond acceptors (Lipinski definition) is 4. The zero-order chi connectivity index (χ0) is 15.9. The van der Waals surface area contributed by atoms with Crippen LogP contribution in [-0.2, 0) is 4.79 Å². The van der Waals surface area contributed by atoms with Crippen molar-refractivity contribution in [1.82, 2.24) is 4.90 Å². The van der Waals surface area contributed by atoms with Gasteiger partial charge in [0, 0.05) is 13.1 Å². The first-order valence-electron chi connectivity index (χ1n) is 7.89. The van der Waals surface area contributed by atoms with Crippen LogP contribution in [0.2, 0.25) is 0 Å². The molecule has 4 nitrogen and oxygen atoms in total. The highest BCUT2D eigenvalue weighted by atomic mass is 32.2. The zero-order valence-corrected chi connectivity index (χ0v) is 14.0. The van der Waals surface area contributed by atoms with Crippen LogP contribution in [0.25, 0.3) is 0 Å². The summed E-state index contributed by atoms with van der Waals surface area (Å²) in [7, 11) is 0. The van der Waals surface area contributed by atoms with Gasteiger partial charge >= 0.3 is 0 Å². The molecule has 1 aromatic carbocycles. The molecule has 1 heterocycles. The van der Waals surface area contributed by atoms with Gasteiger partial charge in [-0.2, -0.15) is 11.8 Å². The molecule has 0 radical (unpaired) electrons. The van der Waals surface area contributed by atoms with Crippen LogP contribution >= 0.6 is 11.8 Å². The van der Waals surface area contributed by atoms with Crippen LogP contribution in [0.5, 0.6) is 0 Å². The number of piperidine rings is 1. The van der Waals surface area contributed by atoms with Gasteiger partial charge in [0.1, 0.15) is 0 Å². The summed E-state index contributed by atoms with van der Waals surface area (Å²) in [5, 5.41) is 10.5. The normalized spacial score (nSPS) is 19.0. The minimum absolute atomic E-state index is 0.0571. The van der Waals surface area contributed by atoms with Gasteiger partial charge in [-0.1, -0.05) is 30.3 Å². The Bertz CT molecular complexity index is 461. The second kappa shape index (κ2) is 8.56. The van der Waals surface area contributed by atoms with E-state index < -0.39 is 6.10 Å². The molecule has 3 N–H and O–H groups in total. The van der Waals surface area contributed by atoms with Crippen molar-refractivity contribution in [2.45, 2.75) is 31.4 Å². The highest BCUT2D eigenvalue weighted by Crippen LogP contribution is 2.30. The highest BCUT2D eigenvalue weighted by molar-refractivity contribution is 7.98. The SMILES string of the molecule is CSCC[C@H](N)C(=O)N1CCC(C(O)c2ccccc2)CC1. The maximum atomic E-state index is 12.3. The number of likely N-dealkylation sites (tertiary alicyclic amines) is 1. The third-order valence-electron chi connectivity index (χ3n) is 4.39. The van der Waals surface area contributed by atoms with Gasteiger partial charge in [0.15, 0.2) is 0 Å². The van der Waals surface area contributed by atoms with Gasteiger partial charge in [-0.15, -0.1) is 0 Å². The molecule has 1 aliphatic rings. The molecule has 5 heteroatoms. The minimum Gasteiger partial charge on any atom is -0.388 e. The van der Waals surface area contributed by atoms with E-state index in [-0.39, 0.29) is 17.9 Å². The number of benzene rings is 1. The third-order valence-corrected chi connectivity index (χ3v) is 5.03. The summed E-state index contributed by atoms with van der Waals surface area (Å²) < 4.78 is 0. The summed E-state index contributed by atoms with van der Waals surface area (Å²) in [6, 6.07) is 9.38. The lowest BCUT2D eigenvalue weighted by Gasteiger charge is -2.35. The quantitative estimate of drug-likeness (QED) is 0.841. The summed E-state index contributed by atoms with van der Waals surface area (Å²) >= 11 is 1.71. The van der Waals surface area contributed by atoms with Crippen LogP contribution in [0, 0.1) is 5.92 Å². The number of rotatable bonds is 6. The van der Waals surface area contributed by atoms with Gasteiger partial charge < -0.3 is 15.7 Å². The number of nitrogens with zero attached hydrogens (tertiary/aromatic N) is 1. The Labute approximate surface area is 137 Å². The average Bonchev–Trinajstić information content (AvgIpc) is 2.59. The van der Waals surface area contributed by atoms with Gasteiger partial charge in [-0.25, -0.2) is 0 Å². The largest absolute Gasteiger partial charge is 0.388 e. The number of carbonyl (C=O) groups excluding carboxylic acids is 1. The molecule has 122 valence electrons. The molecular weight excluding hydrogens is 296 g/mol. The van der Waals surface area contributed by atoms with E-state index in [9.17, 15) is 9.90 Å². The van der Waals surface area contributed by atoms with E-state index in [1.165, 1.54) is 0 Å². The molecule has 0 aliphatic carbocycles. The Hall–Kier alpha value is -1.04. The minimum atomic E-state index is -0.441. The second-order valence-electron chi connectivity index (χ2n) is 5.91. The monoisotopic (exact) mass is 322 g/mol. The Kier molecular flexibility index (Phi) is 6.73. The Morgan fingerprint density at radius 1 is 1.36 bits per heavy atom. The van der Waals surface area contributed by atoms with Crippen LogP contribution in [0.15, 0.2) is 30.3 Å². The molecule has 1 fully saturated rings. The fourth-order valence-electron chi connectivity index (χ4n) is 2.96. The summed E-state index contributed by atoms with van der Waals surface area (Å²) in [6.45, 7) is 1.39. The van der Waals surface area contributed by atoms with E-state index in [1.807, 2.05) is 41.5 Å². The lowest BCUT2D eigenvalue weighted by molar-refractivity contribution is -0.134. The molecule has 0 saturated carbocycles. The number of nitrogens with two attached hydrogens (primary N) is 1. The first kappa shape index (κ1) is 17.3. The van der Waals surface area contributed by atoms with Crippen LogP contribution in [0.4, 0.5) is 0 Å². The fourth-order valence-corrected chi connectivity index (χ4v) is 3.45. The first-order chi connectivity index (χ1) is 10.6. The van der Waals surface area contributed by atoms with E-state index in [1.54, 1.807) is 11.8 Å². The molecule has 1 amide bonds. The Balaban J connectivity index is 1.84. The number of hydrogen-bond donors (Lipinski definition) is 2. The van der Waals surface area contributed by atoms with E-state index >= 15 is 0 Å². The molecule has 2 atom stereocenters. The lowest BCUT2D eigenvalue weighted by Crippen LogP contribution is -2.47. The summed E-state index contributed by atoms with van der Waals surface area (Å²) in [6.07, 6.45) is 3.97. The number of aliphatic hydroxyl groups excluding tert-OH is 1. The van der Waals surface area contributed by atoms with Crippen molar-refractivity contribution >= 4 is 17.7 Å². The number of thioether (sulfide) groups is 1. The predicted molar refractivity (Wildman–Crippen MR) is 91.7 cm³/mol. The predicted octanol–water partition coefficient (Wildman–Crippen LogP) is 2.04. The van der Waals surface area contributed by atoms with Crippen LogP contribution < -0.4 is 5.73 Å². The van der Waals surface area contributed by atoms with Gasteiger partial charge in [0.25, 0.3) is 0 Å². The van der Waals surface area contributed by atoms with Crippen molar-refractivity contribution in [2.75, 3.05) is 25.1 Å². The fraction of sp³-hybridized carbons (Fsp3) is 0.588. The van der Waals surface area contributed by atoms with E-state index in [0.29, 0.717) is 13.1 Å². The molecular formula is C17H26N2O2S. The molecule has 0 aromatic heterocycles. The van der Waals surface area contributed by atoms with E-state index in [4.69, 9.17) is 5.73 Å². The van der Waals surface area contributed by atoms with Crippen molar-refractivity contribution in [3.05, 3.63) is 35.9 Å². The van der Waals surface area contributed by atoms with Crippen LogP contribution in [-0.4, -0.2) is 47.1 Å². The van der Waals surface area contributed by atoms with Gasteiger partial charge in [-0.3, -0.25) is 4.79 Å². The second-order valence-corrected chi connectivity index (χ2v) is 6.89. The Morgan fingerprint density at radius 2 is 2.00 bits per heavy atom. The summed E-state index contributed by atoms with van der Waals surface area (Å²) in [5.74, 6) is 1.19. The zero-order valence-electron chi connectivity index (χ0n) is 13.1. The van der Waals surface area contributed by atoms with Crippen molar-refractivity contribution in [3.8, 4) is 0 Å². The molecule has 1 aliphatic heterocycles. The van der Waals surface area contributed by atoms with Crippen molar-refractivity contribution in [3.63, 3.8) is 0 Å². The van der Waals surface area contributed by atoms with Crippen molar-refractivity contribution < 1.29 is 9.90 Å². The maximum Gasteiger partial charge on any atom is 0.239 e. The molecule has 1 unspecified atom stereocenters. The van der Waals surface area contributed by atoms with Crippen molar-refractivity contribution in [2.24, 2.45) is 11.7 Å². The summed E-state index contributed by atoms with van der Waals surface area (Å²) in [5.41, 5.74) is 6.93.